The summed E-state index contributed by atoms with van der Waals surface area (Å²) in [5.74, 6) is -2.73. The van der Waals surface area contributed by atoms with Gasteiger partial charge in [0.25, 0.3) is 0 Å². The number of allylic oxidation sites excluding steroid dienone is 4. The largest absolute Gasteiger partial charge is 0.294 e. The van der Waals surface area contributed by atoms with Gasteiger partial charge in [0.15, 0.2) is 34.7 Å². The summed E-state index contributed by atoms with van der Waals surface area (Å²) in [7, 11) is 0. The first-order valence-corrected chi connectivity index (χ1v) is 15.4. The number of carbonyl (C=O) groups excluding carboxylic acids is 6. The van der Waals surface area contributed by atoms with Crippen LogP contribution in [0.2, 0.25) is 0 Å². The average Bonchev–Trinajstić information content (AvgIpc) is 3.12. The fourth-order valence-corrected chi connectivity index (χ4v) is 6.37. The van der Waals surface area contributed by atoms with Crippen LogP contribution < -0.4 is 0 Å². The summed E-state index contributed by atoms with van der Waals surface area (Å²) in [4.78, 5) is 82.0. The summed E-state index contributed by atoms with van der Waals surface area (Å²) in [6.07, 6.45) is -0.289. The first-order chi connectivity index (χ1) is 23.3. The van der Waals surface area contributed by atoms with E-state index in [4.69, 9.17) is 0 Å². The number of ketones is 6. The third-order valence-electron chi connectivity index (χ3n) is 8.68. The van der Waals surface area contributed by atoms with Crippen molar-refractivity contribution in [3.8, 4) is 0 Å². The Morgan fingerprint density at radius 2 is 0.646 bits per heavy atom. The molecule has 2 aliphatic carbocycles. The van der Waals surface area contributed by atoms with Crippen LogP contribution in [0.3, 0.4) is 0 Å². The summed E-state index contributed by atoms with van der Waals surface area (Å²) < 4.78 is 0. The molecule has 0 N–H and O–H groups in total. The third-order valence-corrected chi connectivity index (χ3v) is 8.68. The maximum Gasteiger partial charge on any atom is 0.198 e. The molecule has 6 nitrogen and oxygen atoms in total. The highest BCUT2D eigenvalue weighted by molar-refractivity contribution is 6.48. The topological polar surface area (TPSA) is 102 Å². The van der Waals surface area contributed by atoms with E-state index in [2.05, 4.69) is 0 Å². The minimum absolute atomic E-state index is 0.0854. The lowest BCUT2D eigenvalue weighted by Gasteiger charge is -2.21. The fourth-order valence-electron chi connectivity index (χ4n) is 6.37. The summed E-state index contributed by atoms with van der Waals surface area (Å²) in [6.45, 7) is 0. The summed E-state index contributed by atoms with van der Waals surface area (Å²) in [6, 6.07) is 37.1. The molecule has 0 aromatic heterocycles. The van der Waals surface area contributed by atoms with Crippen molar-refractivity contribution in [2.45, 2.75) is 12.8 Å². The Bertz CT molecular complexity index is 2090. The predicted octanol–water partition coefficient (Wildman–Crippen LogP) is 6.98. The maximum absolute atomic E-state index is 13.8. The Kier molecular flexibility index (Phi) is 7.83. The van der Waals surface area contributed by atoms with E-state index in [-0.39, 0.29) is 69.0 Å². The first kappa shape index (κ1) is 30.3. The van der Waals surface area contributed by atoms with Crippen LogP contribution in [-0.2, 0) is 22.4 Å². The fraction of sp³-hybridized carbons (Fsp3) is 0.0476. The Morgan fingerprint density at radius 1 is 0.354 bits per heavy atom. The SMILES string of the molecule is O=C(Cc1ccc(CC(=O)C2=C(c3ccccc3)C(=O)c3ccccc3C2=O)cc1)C1=C(c2ccccc2)C(=O)c2ccccc2C1=O. The summed E-state index contributed by atoms with van der Waals surface area (Å²) in [5, 5.41) is 0. The number of hydrogen-bond donors (Lipinski definition) is 0. The second-order valence-electron chi connectivity index (χ2n) is 11.7. The van der Waals surface area contributed by atoms with Crippen molar-refractivity contribution in [3.63, 3.8) is 0 Å². The number of carbonyl (C=O) groups is 6. The molecule has 0 radical (unpaired) electrons. The molecule has 7 rings (SSSR count). The molecule has 0 saturated carbocycles. The molecular weight excluding hydrogens is 600 g/mol. The van der Waals surface area contributed by atoms with Gasteiger partial charge in [-0.2, -0.15) is 0 Å². The van der Waals surface area contributed by atoms with Crippen LogP contribution in [0.25, 0.3) is 11.1 Å². The van der Waals surface area contributed by atoms with E-state index in [1.54, 1.807) is 133 Å². The normalized spacial score (nSPS) is 14.2. The quantitative estimate of drug-likeness (QED) is 0.172. The molecule has 0 aliphatic heterocycles. The molecule has 48 heavy (non-hydrogen) atoms. The molecule has 0 fully saturated rings. The van der Waals surface area contributed by atoms with Gasteiger partial charge < -0.3 is 0 Å². The van der Waals surface area contributed by atoms with E-state index in [1.807, 2.05) is 0 Å². The van der Waals surface area contributed by atoms with Crippen molar-refractivity contribution in [1.82, 2.24) is 0 Å². The van der Waals surface area contributed by atoms with Gasteiger partial charge in [-0.05, 0) is 22.3 Å². The molecule has 6 heteroatoms. The van der Waals surface area contributed by atoms with E-state index < -0.39 is 23.1 Å². The molecule has 0 amide bonds. The number of rotatable bonds is 8. The van der Waals surface area contributed by atoms with Crippen LogP contribution in [0.4, 0.5) is 0 Å². The monoisotopic (exact) mass is 626 g/mol. The van der Waals surface area contributed by atoms with Crippen LogP contribution in [0, 0.1) is 0 Å². The smallest absolute Gasteiger partial charge is 0.198 e. The second kappa shape index (κ2) is 12.4. The maximum atomic E-state index is 13.8. The first-order valence-electron chi connectivity index (χ1n) is 15.4. The molecule has 0 bridgehead atoms. The highest BCUT2D eigenvalue weighted by Crippen LogP contribution is 2.35. The number of Topliss-reactive ketones (excluding diaryl/α,β-unsaturated/α-hetero) is 6. The van der Waals surface area contributed by atoms with E-state index in [9.17, 15) is 28.8 Å². The van der Waals surface area contributed by atoms with E-state index in [0.29, 0.717) is 22.3 Å². The van der Waals surface area contributed by atoms with Gasteiger partial charge in [-0.15, -0.1) is 0 Å². The molecule has 0 spiro atoms. The molecular formula is C42H26O6. The average molecular weight is 627 g/mol. The van der Waals surface area contributed by atoms with Crippen LogP contribution in [0.1, 0.15) is 63.7 Å². The van der Waals surface area contributed by atoms with Crippen LogP contribution in [0.15, 0.2) is 145 Å². The van der Waals surface area contributed by atoms with E-state index >= 15 is 0 Å². The van der Waals surface area contributed by atoms with Crippen molar-refractivity contribution in [2.75, 3.05) is 0 Å². The molecule has 0 saturated heterocycles. The zero-order chi connectivity index (χ0) is 33.4. The molecule has 0 unspecified atom stereocenters. The second-order valence-corrected chi connectivity index (χ2v) is 11.7. The summed E-state index contributed by atoms with van der Waals surface area (Å²) >= 11 is 0. The van der Waals surface area contributed by atoms with E-state index in [0.717, 1.165) is 0 Å². The number of hydrogen-bond acceptors (Lipinski definition) is 6. The van der Waals surface area contributed by atoms with Crippen LogP contribution in [-0.4, -0.2) is 34.7 Å². The standard InChI is InChI=1S/C42H26O6/c43-33(37-35(27-11-3-1-4-12-27)39(45)29-15-7-9-17-31(29)41(37)47)23-25-19-21-26(22-20-25)24-34(44)38-36(28-13-5-2-6-14-28)40(46)30-16-8-10-18-32(30)42(38)48/h1-22H,23-24H2. The molecule has 5 aromatic rings. The lowest BCUT2D eigenvalue weighted by molar-refractivity contribution is -0.115. The molecule has 0 heterocycles. The minimum atomic E-state index is -0.493. The zero-order valence-electron chi connectivity index (χ0n) is 25.6. The van der Waals surface area contributed by atoms with Gasteiger partial charge in [0.2, 0.25) is 0 Å². The Balaban J connectivity index is 1.17. The Hall–Kier alpha value is -6.40. The van der Waals surface area contributed by atoms with Gasteiger partial charge in [-0.25, -0.2) is 0 Å². The van der Waals surface area contributed by atoms with E-state index in [1.165, 1.54) is 0 Å². The summed E-state index contributed by atoms with van der Waals surface area (Å²) in [5.41, 5.74) is 2.94. The number of benzene rings is 5. The van der Waals surface area contributed by atoms with Crippen molar-refractivity contribution >= 4 is 45.8 Å². The van der Waals surface area contributed by atoms with Crippen molar-refractivity contribution in [2.24, 2.45) is 0 Å². The van der Waals surface area contributed by atoms with Crippen LogP contribution in [0.5, 0.6) is 0 Å². The van der Waals surface area contributed by atoms with Crippen molar-refractivity contribution in [1.29, 1.82) is 0 Å². The molecule has 2 aliphatic rings. The van der Waals surface area contributed by atoms with Gasteiger partial charge >= 0.3 is 0 Å². The number of fused-ring (bicyclic) bond motifs is 2. The molecule has 0 atom stereocenters. The minimum Gasteiger partial charge on any atom is -0.294 e. The van der Waals surface area contributed by atoms with Gasteiger partial charge in [-0.3, -0.25) is 28.8 Å². The van der Waals surface area contributed by atoms with Gasteiger partial charge in [0, 0.05) is 46.2 Å². The van der Waals surface area contributed by atoms with Crippen molar-refractivity contribution in [3.05, 3.63) is 189 Å². The molecule has 230 valence electrons. The van der Waals surface area contributed by atoms with Gasteiger partial charge in [-0.1, -0.05) is 133 Å². The predicted molar refractivity (Wildman–Crippen MR) is 181 cm³/mol. The van der Waals surface area contributed by atoms with Gasteiger partial charge in [0.1, 0.15) is 0 Å². The lowest BCUT2D eigenvalue weighted by Crippen LogP contribution is -2.27. The lowest BCUT2D eigenvalue weighted by atomic mass is 9.78. The van der Waals surface area contributed by atoms with Gasteiger partial charge in [0.05, 0.1) is 11.1 Å². The van der Waals surface area contributed by atoms with Crippen molar-refractivity contribution < 1.29 is 28.8 Å². The Labute approximate surface area is 276 Å². The Morgan fingerprint density at radius 3 is 0.979 bits per heavy atom. The zero-order valence-corrected chi connectivity index (χ0v) is 25.6. The third kappa shape index (κ3) is 5.29. The highest BCUT2D eigenvalue weighted by atomic mass is 16.2. The highest BCUT2D eigenvalue weighted by Gasteiger charge is 2.37. The van der Waals surface area contributed by atoms with Crippen LogP contribution >= 0.6 is 0 Å². The molecule has 5 aromatic carbocycles.